The highest BCUT2D eigenvalue weighted by atomic mass is 35.5. The Hall–Kier alpha value is -2.66. The molecule has 0 bridgehead atoms. The number of unbranched alkanes of at least 4 members (excludes halogenated alkanes) is 12. The molecule has 0 spiro atoms. The molecule has 36 heavy (non-hydrogen) atoms. The zero-order valence-corrected chi connectivity index (χ0v) is 22.4. The second-order valence-corrected chi connectivity index (χ2v) is 9.69. The van der Waals surface area contributed by atoms with Gasteiger partial charge in [-0.05, 0) is 54.4 Å². The predicted octanol–water partition coefficient (Wildman–Crippen LogP) is 8.49. The van der Waals surface area contributed by atoms with Gasteiger partial charge in [0.1, 0.15) is 5.75 Å². The van der Waals surface area contributed by atoms with Crippen molar-refractivity contribution >= 4 is 29.7 Å². The van der Waals surface area contributed by atoms with Crippen molar-refractivity contribution in [3.8, 4) is 5.75 Å². The molecule has 0 atom stereocenters. The highest BCUT2D eigenvalue weighted by molar-refractivity contribution is 6.30. The number of nitrogens with zero attached hydrogens (tertiary/aromatic N) is 1. The summed E-state index contributed by atoms with van der Waals surface area (Å²) in [5.74, 6) is -0.121. The lowest BCUT2D eigenvalue weighted by atomic mass is 10.0. The van der Waals surface area contributed by atoms with Crippen LogP contribution >= 0.6 is 11.6 Å². The number of carbonyl (C=O) groups excluding carboxylic acids is 2. The van der Waals surface area contributed by atoms with E-state index in [0.717, 1.165) is 18.4 Å². The Kier molecular flexibility index (Phi) is 15.3. The van der Waals surface area contributed by atoms with Gasteiger partial charge in [-0.25, -0.2) is 10.2 Å². The van der Waals surface area contributed by atoms with Gasteiger partial charge in [0.2, 0.25) is 5.91 Å². The van der Waals surface area contributed by atoms with E-state index in [4.69, 9.17) is 16.3 Å². The van der Waals surface area contributed by atoms with Crippen molar-refractivity contribution in [1.29, 1.82) is 0 Å². The van der Waals surface area contributed by atoms with Crippen LogP contribution in [0.5, 0.6) is 5.75 Å². The molecule has 2 rings (SSSR count). The Morgan fingerprint density at radius 2 is 1.42 bits per heavy atom. The van der Waals surface area contributed by atoms with Crippen molar-refractivity contribution < 1.29 is 14.3 Å². The van der Waals surface area contributed by atoms with Crippen molar-refractivity contribution in [2.75, 3.05) is 0 Å². The fraction of sp³-hybridized carbons (Fsp3) is 0.500. The Morgan fingerprint density at radius 1 is 0.833 bits per heavy atom. The van der Waals surface area contributed by atoms with E-state index >= 15 is 0 Å². The van der Waals surface area contributed by atoms with Gasteiger partial charge >= 0.3 is 5.97 Å². The summed E-state index contributed by atoms with van der Waals surface area (Å²) in [7, 11) is 0. The molecular formula is C30H41ClN2O3. The minimum atomic E-state index is -0.473. The van der Waals surface area contributed by atoms with Crippen LogP contribution in [0.3, 0.4) is 0 Å². The summed E-state index contributed by atoms with van der Waals surface area (Å²) in [6, 6.07) is 13.5. The Morgan fingerprint density at radius 3 is 2.00 bits per heavy atom. The van der Waals surface area contributed by atoms with Crippen LogP contribution < -0.4 is 10.2 Å². The molecule has 5 nitrogen and oxygen atoms in total. The molecule has 2 aromatic rings. The number of carbonyl (C=O) groups is 2. The van der Waals surface area contributed by atoms with Crippen molar-refractivity contribution in [1.82, 2.24) is 5.43 Å². The number of hydrogen-bond donors (Lipinski definition) is 1. The number of hydrogen-bond acceptors (Lipinski definition) is 4. The second kappa shape index (κ2) is 18.6. The number of esters is 1. The first-order chi connectivity index (χ1) is 17.6. The molecule has 1 amide bonds. The zero-order chi connectivity index (χ0) is 25.8. The van der Waals surface area contributed by atoms with Crippen molar-refractivity contribution in [3.63, 3.8) is 0 Å². The van der Waals surface area contributed by atoms with Crippen LogP contribution in [-0.4, -0.2) is 18.1 Å². The molecule has 0 unspecified atom stereocenters. The lowest BCUT2D eigenvalue weighted by molar-refractivity contribution is -0.121. The highest BCUT2D eigenvalue weighted by Gasteiger charge is 2.08. The van der Waals surface area contributed by atoms with Gasteiger partial charge < -0.3 is 4.74 Å². The number of ether oxygens (including phenoxy) is 1. The lowest BCUT2D eigenvalue weighted by Gasteiger charge is -2.05. The zero-order valence-electron chi connectivity index (χ0n) is 21.6. The van der Waals surface area contributed by atoms with E-state index in [0.29, 0.717) is 22.8 Å². The van der Waals surface area contributed by atoms with Crippen LogP contribution in [-0.2, 0) is 4.79 Å². The minimum Gasteiger partial charge on any atom is -0.423 e. The van der Waals surface area contributed by atoms with Crippen LogP contribution in [0, 0.1) is 0 Å². The SMILES string of the molecule is CCCCCCCCCCCCCCCC(=O)N/N=C/c1ccc(OC(=O)c2cccc(Cl)c2)cc1. The summed E-state index contributed by atoms with van der Waals surface area (Å²) in [4.78, 5) is 24.2. The molecule has 2 aromatic carbocycles. The molecule has 0 saturated heterocycles. The van der Waals surface area contributed by atoms with E-state index in [1.165, 1.54) is 70.6 Å². The Labute approximate surface area is 221 Å². The van der Waals surface area contributed by atoms with E-state index in [2.05, 4.69) is 17.5 Å². The first-order valence-corrected chi connectivity index (χ1v) is 13.9. The molecular weight excluding hydrogens is 472 g/mol. The number of nitrogens with one attached hydrogen (secondary N) is 1. The Balaban J connectivity index is 1.51. The van der Waals surface area contributed by atoms with Crippen LogP contribution in [0.15, 0.2) is 53.6 Å². The number of rotatable bonds is 18. The fourth-order valence-electron chi connectivity index (χ4n) is 3.94. The maximum Gasteiger partial charge on any atom is 0.343 e. The molecule has 0 aliphatic carbocycles. The van der Waals surface area contributed by atoms with Crippen molar-refractivity contribution in [2.45, 2.75) is 96.8 Å². The van der Waals surface area contributed by atoms with Gasteiger partial charge in [0, 0.05) is 11.4 Å². The number of amides is 1. The third-order valence-electron chi connectivity index (χ3n) is 6.06. The average Bonchev–Trinajstić information content (AvgIpc) is 2.88. The van der Waals surface area contributed by atoms with E-state index < -0.39 is 5.97 Å². The molecule has 0 radical (unpaired) electrons. The van der Waals surface area contributed by atoms with E-state index in [-0.39, 0.29) is 5.91 Å². The molecule has 6 heteroatoms. The molecule has 196 valence electrons. The van der Waals surface area contributed by atoms with Gasteiger partial charge in [-0.3, -0.25) is 4.79 Å². The largest absolute Gasteiger partial charge is 0.423 e. The third-order valence-corrected chi connectivity index (χ3v) is 6.30. The maximum absolute atomic E-state index is 12.2. The molecule has 0 fully saturated rings. The van der Waals surface area contributed by atoms with Gasteiger partial charge in [0.05, 0.1) is 11.8 Å². The van der Waals surface area contributed by atoms with Crippen LogP contribution in [0.25, 0.3) is 0 Å². The van der Waals surface area contributed by atoms with Crippen LogP contribution in [0.2, 0.25) is 5.02 Å². The molecule has 0 aliphatic rings. The van der Waals surface area contributed by atoms with Crippen LogP contribution in [0.1, 0.15) is 113 Å². The number of hydrazone groups is 1. The quantitative estimate of drug-likeness (QED) is 0.0715. The summed E-state index contributed by atoms with van der Waals surface area (Å²) in [5, 5.41) is 4.50. The first kappa shape index (κ1) is 29.6. The molecule has 0 aromatic heterocycles. The van der Waals surface area contributed by atoms with Gasteiger partial charge in [-0.2, -0.15) is 5.10 Å². The van der Waals surface area contributed by atoms with Gasteiger partial charge in [0.15, 0.2) is 0 Å². The summed E-state index contributed by atoms with van der Waals surface area (Å²) in [5.41, 5.74) is 3.76. The summed E-state index contributed by atoms with van der Waals surface area (Å²) in [6.45, 7) is 2.26. The predicted molar refractivity (Wildman–Crippen MR) is 149 cm³/mol. The molecule has 0 heterocycles. The number of halogens is 1. The fourth-order valence-corrected chi connectivity index (χ4v) is 4.13. The maximum atomic E-state index is 12.2. The summed E-state index contributed by atoms with van der Waals surface area (Å²) in [6.07, 6.45) is 18.8. The third kappa shape index (κ3) is 13.4. The minimum absolute atomic E-state index is 0.0682. The molecule has 0 aliphatic heterocycles. The van der Waals surface area contributed by atoms with Gasteiger partial charge in [-0.15, -0.1) is 0 Å². The van der Waals surface area contributed by atoms with Crippen molar-refractivity contribution in [3.05, 3.63) is 64.7 Å². The van der Waals surface area contributed by atoms with E-state index in [1.807, 2.05) is 0 Å². The standard InChI is InChI=1S/C30H41ClN2O3/c1-2-3-4-5-6-7-8-9-10-11-12-13-14-18-29(34)33-32-24-25-19-21-28(22-20-25)36-30(35)26-16-15-17-27(31)23-26/h15-17,19-24H,2-14,18H2,1H3,(H,33,34)/b32-24+. The van der Waals surface area contributed by atoms with E-state index in [1.54, 1.807) is 54.7 Å². The Bertz CT molecular complexity index is 928. The molecule has 1 N–H and O–H groups in total. The van der Waals surface area contributed by atoms with E-state index in [9.17, 15) is 9.59 Å². The monoisotopic (exact) mass is 512 g/mol. The summed E-state index contributed by atoms with van der Waals surface area (Å²) < 4.78 is 5.35. The topological polar surface area (TPSA) is 67.8 Å². The van der Waals surface area contributed by atoms with Gasteiger partial charge in [0.25, 0.3) is 0 Å². The summed E-state index contributed by atoms with van der Waals surface area (Å²) >= 11 is 5.91. The first-order valence-electron chi connectivity index (χ1n) is 13.5. The van der Waals surface area contributed by atoms with Crippen LogP contribution in [0.4, 0.5) is 0 Å². The second-order valence-electron chi connectivity index (χ2n) is 9.25. The van der Waals surface area contributed by atoms with Gasteiger partial charge in [-0.1, -0.05) is 102 Å². The highest BCUT2D eigenvalue weighted by Crippen LogP contribution is 2.16. The lowest BCUT2D eigenvalue weighted by Crippen LogP contribution is -2.16. The number of benzene rings is 2. The van der Waals surface area contributed by atoms with Crippen molar-refractivity contribution in [2.24, 2.45) is 5.10 Å². The smallest absolute Gasteiger partial charge is 0.343 e. The average molecular weight is 513 g/mol. The molecule has 0 saturated carbocycles. The normalized spacial score (nSPS) is 11.1.